The van der Waals surface area contributed by atoms with Crippen LogP contribution in [0, 0.1) is 0 Å². The lowest BCUT2D eigenvalue weighted by atomic mass is 10.0. The molecule has 0 aliphatic rings. The van der Waals surface area contributed by atoms with E-state index in [2.05, 4.69) is 16.8 Å². The molecule has 0 aromatic rings. The van der Waals surface area contributed by atoms with Crippen LogP contribution < -0.4 is 5.32 Å². The standard InChI is InChI=1S/C20H44NO5P/c1-3-4-5-6-7-8-9-10-11-12-13-14-15-16-17-21-18-20(25-2)19-26-27(22,23)24/h20-21H,3-19H2,1-2H3,(H2,22,23,24). The summed E-state index contributed by atoms with van der Waals surface area (Å²) in [5, 5.41) is 3.26. The Morgan fingerprint density at radius 1 is 0.815 bits per heavy atom. The molecule has 0 heterocycles. The Bertz CT molecular complexity index is 351. The van der Waals surface area contributed by atoms with Gasteiger partial charge in [0.2, 0.25) is 0 Å². The van der Waals surface area contributed by atoms with E-state index in [0.717, 1.165) is 13.0 Å². The number of phosphoric acid groups is 1. The molecule has 0 bridgehead atoms. The van der Waals surface area contributed by atoms with Crippen LogP contribution >= 0.6 is 7.82 Å². The van der Waals surface area contributed by atoms with E-state index in [4.69, 9.17) is 14.5 Å². The molecule has 0 saturated heterocycles. The zero-order valence-corrected chi connectivity index (χ0v) is 18.6. The van der Waals surface area contributed by atoms with Crippen molar-refractivity contribution in [2.45, 2.75) is 103 Å². The minimum Gasteiger partial charge on any atom is -0.378 e. The first kappa shape index (κ1) is 27.0. The topological polar surface area (TPSA) is 88.0 Å². The van der Waals surface area contributed by atoms with Gasteiger partial charge in [0.05, 0.1) is 12.7 Å². The van der Waals surface area contributed by atoms with E-state index in [1.165, 1.54) is 90.6 Å². The van der Waals surface area contributed by atoms with Crippen molar-refractivity contribution in [2.75, 3.05) is 26.8 Å². The summed E-state index contributed by atoms with van der Waals surface area (Å²) >= 11 is 0. The Labute approximate surface area is 167 Å². The molecule has 0 saturated carbocycles. The van der Waals surface area contributed by atoms with Gasteiger partial charge in [-0.05, 0) is 13.0 Å². The molecule has 0 aliphatic carbocycles. The van der Waals surface area contributed by atoms with Crippen molar-refractivity contribution in [3.8, 4) is 0 Å². The van der Waals surface area contributed by atoms with Gasteiger partial charge in [0.25, 0.3) is 0 Å². The number of unbranched alkanes of at least 4 members (excludes halogenated alkanes) is 13. The third kappa shape index (κ3) is 22.2. The molecule has 1 atom stereocenters. The molecule has 1 unspecified atom stereocenters. The van der Waals surface area contributed by atoms with E-state index in [-0.39, 0.29) is 12.7 Å². The van der Waals surface area contributed by atoms with E-state index >= 15 is 0 Å². The van der Waals surface area contributed by atoms with E-state index in [1.807, 2.05) is 0 Å². The summed E-state index contributed by atoms with van der Waals surface area (Å²) in [5.74, 6) is 0. The molecule has 0 rings (SSSR count). The van der Waals surface area contributed by atoms with Gasteiger partial charge in [0.15, 0.2) is 0 Å². The fourth-order valence-electron chi connectivity index (χ4n) is 3.10. The van der Waals surface area contributed by atoms with Crippen molar-refractivity contribution in [1.29, 1.82) is 0 Å². The second-order valence-corrected chi connectivity index (χ2v) is 8.68. The van der Waals surface area contributed by atoms with Gasteiger partial charge in [-0.3, -0.25) is 4.52 Å². The first-order chi connectivity index (χ1) is 13.0. The highest BCUT2D eigenvalue weighted by atomic mass is 31.2. The molecule has 0 radical (unpaired) electrons. The molecule has 0 spiro atoms. The van der Waals surface area contributed by atoms with Crippen molar-refractivity contribution >= 4 is 7.82 Å². The number of hydrogen-bond acceptors (Lipinski definition) is 4. The summed E-state index contributed by atoms with van der Waals surface area (Å²) < 4.78 is 20.3. The fourth-order valence-corrected chi connectivity index (χ4v) is 3.46. The van der Waals surface area contributed by atoms with E-state index in [0.29, 0.717) is 6.54 Å². The number of hydrogen-bond donors (Lipinski definition) is 3. The summed E-state index contributed by atoms with van der Waals surface area (Å²) in [5.41, 5.74) is 0. The second-order valence-electron chi connectivity index (χ2n) is 7.44. The predicted molar refractivity (Wildman–Crippen MR) is 112 cm³/mol. The highest BCUT2D eigenvalue weighted by Gasteiger charge is 2.17. The Morgan fingerprint density at radius 3 is 1.67 bits per heavy atom. The third-order valence-electron chi connectivity index (χ3n) is 4.84. The summed E-state index contributed by atoms with van der Waals surface area (Å²) in [6.45, 7) is 3.59. The van der Waals surface area contributed by atoms with Crippen LogP contribution in [0.15, 0.2) is 0 Å². The Kier molecular flexibility index (Phi) is 19.4. The van der Waals surface area contributed by atoms with Gasteiger partial charge < -0.3 is 19.8 Å². The van der Waals surface area contributed by atoms with Crippen LogP contribution in [0.5, 0.6) is 0 Å². The summed E-state index contributed by atoms with van der Waals surface area (Å²) in [4.78, 5) is 17.4. The third-order valence-corrected chi connectivity index (χ3v) is 5.33. The SMILES string of the molecule is CCCCCCCCCCCCCCCCNCC(COP(=O)(O)O)OC. The summed E-state index contributed by atoms with van der Waals surface area (Å²) in [6.07, 6.45) is 18.5. The molecule has 0 fully saturated rings. The number of methoxy groups -OCH3 is 1. The van der Waals surface area contributed by atoms with Crippen LogP contribution in [-0.2, 0) is 13.8 Å². The van der Waals surface area contributed by atoms with Crippen molar-refractivity contribution in [1.82, 2.24) is 5.32 Å². The zero-order valence-electron chi connectivity index (χ0n) is 17.7. The number of ether oxygens (including phenoxy) is 1. The quantitative estimate of drug-likeness (QED) is 0.179. The van der Waals surface area contributed by atoms with Crippen molar-refractivity contribution in [2.24, 2.45) is 0 Å². The van der Waals surface area contributed by atoms with Gasteiger partial charge in [-0.15, -0.1) is 0 Å². The molecule has 27 heavy (non-hydrogen) atoms. The maximum atomic E-state index is 10.7. The molecule has 164 valence electrons. The van der Waals surface area contributed by atoms with Crippen LogP contribution in [-0.4, -0.2) is 42.7 Å². The van der Waals surface area contributed by atoms with Gasteiger partial charge >= 0.3 is 7.82 Å². The van der Waals surface area contributed by atoms with Crippen LogP contribution in [0.3, 0.4) is 0 Å². The first-order valence-electron chi connectivity index (χ1n) is 10.9. The van der Waals surface area contributed by atoms with Crippen molar-refractivity contribution in [3.63, 3.8) is 0 Å². The number of phosphoric ester groups is 1. The number of rotatable bonds is 21. The van der Waals surface area contributed by atoms with E-state index in [9.17, 15) is 4.57 Å². The van der Waals surface area contributed by atoms with Gasteiger partial charge in [0, 0.05) is 13.7 Å². The highest BCUT2D eigenvalue weighted by Crippen LogP contribution is 2.35. The maximum absolute atomic E-state index is 10.7. The normalized spacial score (nSPS) is 13.2. The molecule has 0 amide bonds. The molecule has 0 aromatic carbocycles. The lowest BCUT2D eigenvalue weighted by Gasteiger charge is -2.16. The molecular formula is C20H44NO5P. The molecular weight excluding hydrogens is 365 g/mol. The highest BCUT2D eigenvalue weighted by molar-refractivity contribution is 7.46. The van der Waals surface area contributed by atoms with Gasteiger partial charge in [-0.1, -0.05) is 90.4 Å². The average molecular weight is 410 g/mol. The smallest absolute Gasteiger partial charge is 0.378 e. The summed E-state index contributed by atoms with van der Waals surface area (Å²) in [6, 6.07) is 0. The van der Waals surface area contributed by atoms with Crippen LogP contribution in [0.2, 0.25) is 0 Å². The fraction of sp³-hybridized carbons (Fsp3) is 1.00. The molecule has 7 heteroatoms. The van der Waals surface area contributed by atoms with E-state index in [1.54, 1.807) is 0 Å². The van der Waals surface area contributed by atoms with Gasteiger partial charge in [-0.25, -0.2) is 4.57 Å². The second kappa shape index (κ2) is 19.4. The Balaban J connectivity index is 3.25. The molecule has 3 N–H and O–H groups in total. The van der Waals surface area contributed by atoms with Crippen LogP contribution in [0.25, 0.3) is 0 Å². The van der Waals surface area contributed by atoms with Gasteiger partial charge in [-0.2, -0.15) is 0 Å². The minimum absolute atomic E-state index is 0.105. The van der Waals surface area contributed by atoms with Crippen molar-refractivity contribution < 1.29 is 23.6 Å². The van der Waals surface area contributed by atoms with E-state index < -0.39 is 7.82 Å². The number of nitrogens with one attached hydrogen (secondary N) is 1. The van der Waals surface area contributed by atoms with Crippen molar-refractivity contribution in [3.05, 3.63) is 0 Å². The minimum atomic E-state index is -4.42. The van der Waals surface area contributed by atoms with Gasteiger partial charge in [0.1, 0.15) is 0 Å². The largest absolute Gasteiger partial charge is 0.469 e. The first-order valence-corrected chi connectivity index (χ1v) is 12.5. The Hall–Kier alpha value is 0.0300. The van der Waals surface area contributed by atoms with Crippen LogP contribution in [0.4, 0.5) is 0 Å². The maximum Gasteiger partial charge on any atom is 0.469 e. The zero-order chi connectivity index (χ0) is 20.2. The molecule has 0 aromatic heterocycles. The predicted octanol–water partition coefficient (Wildman–Crippen LogP) is 5.18. The monoisotopic (exact) mass is 409 g/mol. The van der Waals surface area contributed by atoms with Crippen LogP contribution in [0.1, 0.15) is 96.8 Å². The lowest BCUT2D eigenvalue weighted by Crippen LogP contribution is -2.32. The Morgan fingerprint density at radius 2 is 1.26 bits per heavy atom. The molecule has 6 nitrogen and oxygen atoms in total. The lowest BCUT2D eigenvalue weighted by molar-refractivity contribution is 0.0458. The average Bonchev–Trinajstić information content (AvgIpc) is 2.63. The summed E-state index contributed by atoms with van der Waals surface area (Å²) in [7, 11) is -2.90. The molecule has 0 aliphatic heterocycles.